The number of alkyl halides is 3. The Morgan fingerprint density at radius 2 is 2.14 bits per heavy atom. The van der Waals surface area contributed by atoms with Crippen LogP contribution in [0.25, 0.3) is 0 Å². The van der Waals surface area contributed by atoms with Gasteiger partial charge in [-0.1, -0.05) is 0 Å². The molecule has 0 aromatic rings. The first-order valence-corrected chi connectivity index (χ1v) is 7.70. The summed E-state index contributed by atoms with van der Waals surface area (Å²) in [5.74, 6) is 0.313. The minimum Gasteiger partial charge on any atom is -0.381 e. The number of halogens is 3. The predicted molar refractivity (Wildman–Crippen MR) is 75.6 cm³/mol. The molecular formula is C14H24F3N3O2. The summed E-state index contributed by atoms with van der Waals surface area (Å²) in [6.45, 7) is 5.00. The molecule has 2 heterocycles. The van der Waals surface area contributed by atoms with Crippen LogP contribution in [-0.2, 0) is 4.74 Å². The van der Waals surface area contributed by atoms with E-state index >= 15 is 0 Å². The molecule has 2 saturated heterocycles. The number of nitrogens with one attached hydrogen (secondary N) is 1. The Labute approximate surface area is 128 Å². The van der Waals surface area contributed by atoms with E-state index in [2.05, 4.69) is 5.32 Å². The Balaban J connectivity index is 1.80. The zero-order valence-corrected chi connectivity index (χ0v) is 13.0. The number of amides is 2. The Bertz CT molecular complexity index is 386. The van der Waals surface area contributed by atoms with E-state index in [1.165, 1.54) is 4.90 Å². The van der Waals surface area contributed by atoms with Crippen LogP contribution >= 0.6 is 0 Å². The number of urea groups is 1. The molecule has 0 spiro atoms. The summed E-state index contributed by atoms with van der Waals surface area (Å²) in [5, 5.41) is 2.94. The van der Waals surface area contributed by atoms with E-state index in [-0.39, 0.29) is 24.7 Å². The third-order valence-electron chi connectivity index (χ3n) is 4.46. The second kappa shape index (κ2) is 7.04. The summed E-state index contributed by atoms with van der Waals surface area (Å²) < 4.78 is 42.7. The molecule has 2 aliphatic rings. The first kappa shape index (κ1) is 17.3. The van der Waals surface area contributed by atoms with Gasteiger partial charge in [0, 0.05) is 44.2 Å². The van der Waals surface area contributed by atoms with Gasteiger partial charge in [-0.05, 0) is 20.3 Å². The molecule has 2 amide bonds. The number of carbonyl (C=O) groups excluding carboxylic acids is 1. The number of carbonyl (C=O) groups is 1. The average molecular weight is 323 g/mol. The summed E-state index contributed by atoms with van der Waals surface area (Å²) in [4.78, 5) is 15.2. The van der Waals surface area contributed by atoms with E-state index in [4.69, 9.17) is 4.74 Å². The Kier molecular flexibility index (Phi) is 5.55. The standard InChI is InChI=1S/C14H24F3N3O2/c1-10-7-19(4-5-20(10)9-14(15,16)17)13(21)18-11(2)12-3-6-22-8-12/h10-12H,3-9H2,1-2H3,(H,18,21)/t10-,11-,12-/m0/s1. The van der Waals surface area contributed by atoms with Crippen molar-refractivity contribution in [3.8, 4) is 0 Å². The molecule has 22 heavy (non-hydrogen) atoms. The van der Waals surface area contributed by atoms with E-state index in [0.717, 1.165) is 13.0 Å². The van der Waals surface area contributed by atoms with Gasteiger partial charge in [0.2, 0.25) is 0 Å². The largest absolute Gasteiger partial charge is 0.401 e. The minimum absolute atomic E-state index is 0.0125. The molecule has 2 aliphatic heterocycles. The van der Waals surface area contributed by atoms with E-state index in [0.29, 0.717) is 25.6 Å². The van der Waals surface area contributed by atoms with Crippen LogP contribution in [0, 0.1) is 5.92 Å². The number of ether oxygens (including phenoxy) is 1. The van der Waals surface area contributed by atoms with Crippen molar-refractivity contribution >= 4 is 6.03 Å². The first-order chi connectivity index (χ1) is 10.3. The molecule has 0 unspecified atom stereocenters. The van der Waals surface area contributed by atoms with Crippen molar-refractivity contribution in [2.75, 3.05) is 39.4 Å². The third kappa shape index (κ3) is 4.74. The Hall–Kier alpha value is -1.02. The van der Waals surface area contributed by atoms with Gasteiger partial charge in [-0.15, -0.1) is 0 Å². The second-order valence-electron chi connectivity index (χ2n) is 6.24. The summed E-state index contributed by atoms with van der Waals surface area (Å²) >= 11 is 0. The predicted octanol–water partition coefficient (Wildman–Crippen LogP) is 1.69. The summed E-state index contributed by atoms with van der Waals surface area (Å²) in [5.41, 5.74) is 0. The highest BCUT2D eigenvalue weighted by Gasteiger charge is 2.36. The molecule has 0 aromatic heterocycles. The number of hydrogen-bond donors (Lipinski definition) is 1. The topological polar surface area (TPSA) is 44.8 Å². The van der Waals surface area contributed by atoms with E-state index in [9.17, 15) is 18.0 Å². The lowest BCUT2D eigenvalue weighted by Gasteiger charge is -2.40. The highest BCUT2D eigenvalue weighted by molar-refractivity contribution is 5.74. The molecule has 1 N–H and O–H groups in total. The fourth-order valence-corrected chi connectivity index (χ4v) is 3.00. The zero-order valence-electron chi connectivity index (χ0n) is 13.0. The van der Waals surface area contributed by atoms with Gasteiger partial charge in [0.15, 0.2) is 0 Å². The molecule has 0 saturated carbocycles. The highest BCUT2D eigenvalue weighted by atomic mass is 19.4. The van der Waals surface area contributed by atoms with Crippen molar-refractivity contribution in [2.45, 2.75) is 38.5 Å². The van der Waals surface area contributed by atoms with Crippen LogP contribution in [0.3, 0.4) is 0 Å². The molecule has 0 radical (unpaired) electrons. The maximum atomic E-state index is 12.5. The van der Waals surface area contributed by atoms with Crippen LogP contribution in [0.1, 0.15) is 20.3 Å². The lowest BCUT2D eigenvalue weighted by molar-refractivity contribution is -0.153. The average Bonchev–Trinajstić information content (AvgIpc) is 2.93. The first-order valence-electron chi connectivity index (χ1n) is 7.70. The van der Waals surface area contributed by atoms with Crippen LogP contribution in [0.2, 0.25) is 0 Å². The Morgan fingerprint density at radius 3 is 2.68 bits per heavy atom. The molecule has 0 bridgehead atoms. The highest BCUT2D eigenvalue weighted by Crippen LogP contribution is 2.21. The van der Waals surface area contributed by atoms with Gasteiger partial charge in [0.1, 0.15) is 0 Å². The van der Waals surface area contributed by atoms with Gasteiger partial charge < -0.3 is 15.0 Å². The van der Waals surface area contributed by atoms with Gasteiger partial charge in [0.05, 0.1) is 13.2 Å². The van der Waals surface area contributed by atoms with Gasteiger partial charge >= 0.3 is 12.2 Å². The van der Waals surface area contributed by atoms with Crippen molar-refractivity contribution in [1.82, 2.24) is 15.1 Å². The normalized spacial score (nSPS) is 28.7. The maximum absolute atomic E-state index is 12.5. The van der Waals surface area contributed by atoms with E-state index < -0.39 is 12.7 Å². The number of rotatable bonds is 3. The van der Waals surface area contributed by atoms with Gasteiger partial charge in [-0.25, -0.2) is 4.79 Å². The van der Waals surface area contributed by atoms with Crippen LogP contribution in [0.5, 0.6) is 0 Å². The van der Waals surface area contributed by atoms with Gasteiger partial charge in [-0.3, -0.25) is 4.90 Å². The minimum atomic E-state index is -4.20. The van der Waals surface area contributed by atoms with Crippen molar-refractivity contribution in [1.29, 1.82) is 0 Å². The van der Waals surface area contributed by atoms with Crippen LogP contribution in [0.4, 0.5) is 18.0 Å². The molecule has 2 fully saturated rings. The molecule has 128 valence electrons. The summed E-state index contributed by atoms with van der Waals surface area (Å²) in [6.07, 6.45) is -3.27. The van der Waals surface area contributed by atoms with Crippen LogP contribution < -0.4 is 5.32 Å². The lowest BCUT2D eigenvalue weighted by Crippen LogP contribution is -2.58. The van der Waals surface area contributed by atoms with Gasteiger partial charge in [0.25, 0.3) is 0 Å². The summed E-state index contributed by atoms with van der Waals surface area (Å²) in [6, 6.07) is -0.484. The second-order valence-corrected chi connectivity index (χ2v) is 6.24. The van der Waals surface area contributed by atoms with Crippen molar-refractivity contribution in [2.24, 2.45) is 5.92 Å². The molecular weight excluding hydrogens is 299 g/mol. The monoisotopic (exact) mass is 323 g/mol. The third-order valence-corrected chi connectivity index (χ3v) is 4.46. The smallest absolute Gasteiger partial charge is 0.381 e. The molecule has 0 aliphatic carbocycles. The van der Waals surface area contributed by atoms with E-state index in [1.807, 2.05) is 6.92 Å². The molecule has 2 rings (SSSR count). The fraction of sp³-hybridized carbons (Fsp3) is 0.929. The summed E-state index contributed by atoms with van der Waals surface area (Å²) in [7, 11) is 0. The molecule has 8 heteroatoms. The quantitative estimate of drug-likeness (QED) is 0.860. The van der Waals surface area contributed by atoms with E-state index in [1.54, 1.807) is 11.8 Å². The Morgan fingerprint density at radius 1 is 1.41 bits per heavy atom. The van der Waals surface area contributed by atoms with Crippen molar-refractivity contribution in [3.63, 3.8) is 0 Å². The fourth-order valence-electron chi connectivity index (χ4n) is 3.00. The molecule has 0 aromatic carbocycles. The maximum Gasteiger partial charge on any atom is 0.401 e. The number of piperazine rings is 1. The van der Waals surface area contributed by atoms with Crippen LogP contribution in [-0.4, -0.2) is 73.5 Å². The van der Waals surface area contributed by atoms with Crippen molar-refractivity contribution < 1.29 is 22.7 Å². The van der Waals surface area contributed by atoms with Crippen LogP contribution in [0.15, 0.2) is 0 Å². The molecule has 3 atom stereocenters. The zero-order chi connectivity index (χ0) is 16.3. The molecule has 5 nitrogen and oxygen atoms in total. The number of hydrogen-bond acceptors (Lipinski definition) is 3. The number of nitrogens with zero attached hydrogens (tertiary/aromatic N) is 2. The van der Waals surface area contributed by atoms with Gasteiger partial charge in [-0.2, -0.15) is 13.2 Å². The SMILES string of the molecule is C[C@H](NC(=O)N1CCN(CC(F)(F)F)[C@@H](C)C1)[C@H]1CCOC1. The van der Waals surface area contributed by atoms with Crippen molar-refractivity contribution in [3.05, 3.63) is 0 Å². The lowest BCUT2D eigenvalue weighted by atomic mass is 10.0.